The van der Waals surface area contributed by atoms with Crippen LogP contribution in [0, 0.1) is 5.92 Å². The molecule has 9 heteroatoms. The van der Waals surface area contributed by atoms with Crippen LogP contribution in [-0.2, 0) is 17.1 Å². The van der Waals surface area contributed by atoms with Gasteiger partial charge in [0.1, 0.15) is 0 Å². The minimum Gasteiger partial charge on any atom is -0.330 e. The van der Waals surface area contributed by atoms with Gasteiger partial charge in [0, 0.05) is 13.1 Å². The molecule has 1 saturated carbocycles. The number of halogens is 1. The number of aromatic nitrogens is 3. The van der Waals surface area contributed by atoms with Crippen LogP contribution in [0.2, 0.25) is 0 Å². The third-order valence-corrected chi connectivity index (χ3v) is 5.00. The van der Waals surface area contributed by atoms with Crippen LogP contribution in [0.1, 0.15) is 25.7 Å². The van der Waals surface area contributed by atoms with E-state index in [0.29, 0.717) is 6.54 Å². The monoisotopic (exact) mass is 309 g/mol. The molecule has 1 fully saturated rings. The maximum absolute atomic E-state index is 12.2. The number of rotatable bonds is 4. The van der Waals surface area contributed by atoms with E-state index in [1.54, 1.807) is 7.05 Å². The Bertz CT molecular complexity index is 504. The molecule has 19 heavy (non-hydrogen) atoms. The predicted molar refractivity (Wildman–Crippen MR) is 73.4 cm³/mol. The Morgan fingerprint density at radius 2 is 2.16 bits per heavy atom. The van der Waals surface area contributed by atoms with Crippen molar-refractivity contribution in [3.05, 3.63) is 6.20 Å². The molecule has 2 atom stereocenters. The molecule has 0 aromatic carbocycles. The van der Waals surface area contributed by atoms with Crippen LogP contribution >= 0.6 is 12.4 Å². The molecule has 1 aliphatic rings. The van der Waals surface area contributed by atoms with Gasteiger partial charge in [-0.3, -0.25) is 0 Å². The molecule has 110 valence electrons. The lowest BCUT2D eigenvalue weighted by Crippen LogP contribution is -2.45. The van der Waals surface area contributed by atoms with Gasteiger partial charge in [-0.15, -0.1) is 17.5 Å². The second-order valence-corrected chi connectivity index (χ2v) is 6.36. The van der Waals surface area contributed by atoms with Crippen LogP contribution < -0.4 is 10.5 Å². The van der Waals surface area contributed by atoms with Crippen LogP contribution in [0.3, 0.4) is 0 Å². The van der Waals surface area contributed by atoms with Crippen molar-refractivity contribution in [2.45, 2.75) is 36.8 Å². The molecule has 0 radical (unpaired) electrons. The Hall–Kier alpha value is -0.700. The fraction of sp³-hybridized carbons (Fsp3) is 0.800. The normalized spacial score (nSPS) is 23.9. The molecule has 2 unspecified atom stereocenters. The highest BCUT2D eigenvalue weighted by Crippen LogP contribution is 2.24. The number of nitrogens with one attached hydrogen (secondary N) is 1. The van der Waals surface area contributed by atoms with E-state index in [4.69, 9.17) is 5.73 Å². The third-order valence-electron chi connectivity index (χ3n) is 3.47. The molecule has 0 saturated heterocycles. The molecule has 1 heterocycles. The van der Waals surface area contributed by atoms with Gasteiger partial charge in [0.15, 0.2) is 5.03 Å². The van der Waals surface area contributed by atoms with E-state index < -0.39 is 10.0 Å². The molecule has 7 nitrogen and oxygen atoms in total. The average Bonchev–Trinajstić information content (AvgIpc) is 2.76. The van der Waals surface area contributed by atoms with Gasteiger partial charge >= 0.3 is 0 Å². The van der Waals surface area contributed by atoms with Crippen molar-refractivity contribution in [2.75, 3.05) is 6.54 Å². The number of hydrogen-bond acceptors (Lipinski definition) is 5. The fourth-order valence-corrected chi connectivity index (χ4v) is 3.83. The van der Waals surface area contributed by atoms with Crippen molar-refractivity contribution >= 4 is 22.4 Å². The van der Waals surface area contributed by atoms with Gasteiger partial charge in [-0.05, 0) is 25.3 Å². The number of nitrogens with zero attached hydrogens (tertiary/aromatic N) is 3. The molecule has 1 aromatic rings. The van der Waals surface area contributed by atoms with Gasteiger partial charge in [0.2, 0.25) is 0 Å². The minimum absolute atomic E-state index is 0. The molecular formula is C10H20ClN5O2S. The Morgan fingerprint density at radius 1 is 1.47 bits per heavy atom. The second-order valence-electron chi connectivity index (χ2n) is 4.70. The smallest absolute Gasteiger partial charge is 0.259 e. The van der Waals surface area contributed by atoms with Crippen molar-refractivity contribution < 1.29 is 8.42 Å². The average molecular weight is 310 g/mol. The van der Waals surface area contributed by atoms with E-state index in [1.807, 2.05) is 0 Å². The number of hydrogen-bond donors (Lipinski definition) is 2. The molecule has 1 aliphatic carbocycles. The predicted octanol–water partition coefficient (Wildman–Crippen LogP) is 0.0327. The Morgan fingerprint density at radius 3 is 2.74 bits per heavy atom. The third kappa shape index (κ3) is 3.65. The zero-order valence-electron chi connectivity index (χ0n) is 10.8. The summed E-state index contributed by atoms with van der Waals surface area (Å²) in [5, 5.41) is 7.31. The molecule has 0 spiro atoms. The summed E-state index contributed by atoms with van der Waals surface area (Å²) in [5.41, 5.74) is 5.70. The summed E-state index contributed by atoms with van der Waals surface area (Å²) in [7, 11) is -2.00. The van der Waals surface area contributed by atoms with Crippen LogP contribution in [0.4, 0.5) is 0 Å². The molecule has 0 bridgehead atoms. The summed E-state index contributed by atoms with van der Waals surface area (Å²) in [4.78, 5) is 0. The van der Waals surface area contributed by atoms with Crippen molar-refractivity contribution in [1.82, 2.24) is 19.7 Å². The van der Waals surface area contributed by atoms with Crippen molar-refractivity contribution in [1.29, 1.82) is 0 Å². The maximum atomic E-state index is 12.2. The Labute approximate surface area is 119 Å². The standard InChI is InChI=1S/C10H19N5O2S.ClH/c1-15-10(7-12-14-15)18(16,17)13-9-5-3-2-4-8(9)6-11;/h7-9,13H,2-6,11H2,1H3;1H. The van der Waals surface area contributed by atoms with Crippen LogP contribution in [0.5, 0.6) is 0 Å². The van der Waals surface area contributed by atoms with E-state index in [1.165, 1.54) is 10.9 Å². The van der Waals surface area contributed by atoms with Crippen LogP contribution in [-0.4, -0.2) is 36.0 Å². The second kappa shape index (κ2) is 6.65. The SMILES string of the molecule is Cl.Cn1nncc1S(=O)(=O)NC1CCCCC1CN. The summed E-state index contributed by atoms with van der Waals surface area (Å²) in [6, 6.07) is -0.0800. The quantitative estimate of drug-likeness (QED) is 0.817. The number of nitrogens with two attached hydrogens (primary N) is 1. The highest BCUT2D eigenvalue weighted by atomic mass is 35.5. The number of aryl methyl sites for hydroxylation is 1. The zero-order valence-corrected chi connectivity index (χ0v) is 12.5. The van der Waals surface area contributed by atoms with Gasteiger partial charge in [-0.25, -0.2) is 17.8 Å². The first-order chi connectivity index (χ1) is 8.54. The lowest BCUT2D eigenvalue weighted by atomic mass is 9.85. The summed E-state index contributed by atoms with van der Waals surface area (Å²) in [6.07, 6.45) is 5.23. The minimum atomic E-state index is -3.56. The molecule has 2 rings (SSSR count). The topological polar surface area (TPSA) is 103 Å². The highest BCUT2D eigenvalue weighted by molar-refractivity contribution is 7.89. The highest BCUT2D eigenvalue weighted by Gasteiger charge is 2.30. The van der Waals surface area contributed by atoms with Gasteiger partial charge in [-0.2, -0.15) is 0 Å². The summed E-state index contributed by atoms with van der Waals surface area (Å²) >= 11 is 0. The first-order valence-corrected chi connectivity index (χ1v) is 7.60. The van der Waals surface area contributed by atoms with Gasteiger partial charge in [0.05, 0.1) is 6.20 Å². The summed E-state index contributed by atoms with van der Waals surface area (Å²) in [5.74, 6) is 0.217. The fourth-order valence-electron chi connectivity index (χ4n) is 2.43. The molecular weight excluding hydrogens is 290 g/mol. The van der Waals surface area contributed by atoms with E-state index in [9.17, 15) is 8.42 Å². The van der Waals surface area contributed by atoms with Crippen molar-refractivity contribution in [2.24, 2.45) is 18.7 Å². The zero-order chi connectivity index (χ0) is 13.2. The summed E-state index contributed by atoms with van der Waals surface area (Å²) < 4.78 is 28.4. The lowest BCUT2D eigenvalue weighted by molar-refractivity contribution is 0.295. The molecule has 3 N–H and O–H groups in total. The van der Waals surface area contributed by atoms with Gasteiger partial charge in [0.25, 0.3) is 10.0 Å². The molecule has 0 amide bonds. The first kappa shape index (κ1) is 16.4. The maximum Gasteiger partial charge on any atom is 0.259 e. The summed E-state index contributed by atoms with van der Waals surface area (Å²) in [6.45, 7) is 0.511. The molecule has 1 aromatic heterocycles. The van der Waals surface area contributed by atoms with Crippen LogP contribution in [0.25, 0.3) is 0 Å². The van der Waals surface area contributed by atoms with Crippen LogP contribution in [0.15, 0.2) is 11.2 Å². The van der Waals surface area contributed by atoms with Gasteiger partial charge < -0.3 is 5.73 Å². The largest absolute Gasteiger partial charge is 0.330 e. The molecule has 0 aliphatic heterocycles. The lowest BCUT2D eigenvalue weighted by Gasteiger charge is -2.30. The Kier molecular flexibility index (Phi) is 5.72. The Balaban J connectivity index is 0.00000180. The van der Waals surface area contributed by atoms with Crippen molar-refractivity contribution in [3.8, 4) is 0 Å². The van der Waals surface area contributed by atoms with E-state index in [2.05, 4.69) is 15.0 Å². The first-order valence-electron chi connectivity index (χ1n) is 6.11. The van der Waals surface area contributed by atoms with E-state index >= 15 is 0 Å². The van der Waals surface area contributed by atoms with Gasteiger partial charge in [-0.1, -0.05) is 18.1 Å². The van der Waals surface area contributed by atoms with E-state index in [-0.39, 0.29) is 29.4 Å². The van der Waals surface area contributed by atoms with E-state index in [0.717, 1.165) is 25.7 Å². The van der Waals surface area contributed by atoms with Crippen molar-refractivity contribution in [3.63, 3.8) is 0 Å². The number of sulfonamides is 1.